The average molecular weight is 223 g/mol. The van der Waals surface area contributed by atoms with Crippen LogP contribution < -0.4 is 5.69 Å². The quantitative estimate of drug-likeness (QED) is 0.546. The van der Waals surface area contributed by atoms with Crippen molar-refractivity contribution in [2.45, 2.75) is 0 Å². The number of aromatic nitrogens is 2. The Morgan fingerprint density at radius 3 is 2.75 bits per heavy atom. The van der Waals surface area contributed by atoms with E-state index >= 15 is 0 Å². The molecule has 2 N–H and O–H groups in total. The largest absolute Gasteiger partial charge is 0.464 e. The summed E-state index contributed by atoms with van der Waals surface area (Å²) in [7, 11) is 0. The summed E-state index contributed by atoms with van der Waals surface area (Å²) < 4.78 is 0.419. The Morgan fingerprint density at radius 1 is 1.50 bits per heavy atom. The van der Waals surface area contributed by atoms with E-state index in [1.54, 1.807) is 0 Å². The predicted octanol–water partition coefficient (Wildman–Crippen LogP) is 0.764. The number of hydrogen-bond donors (Lipinski definition) is 2. The van der Waals surface area contributed by atoms with Gasteiger partial charge in [0.05, 0.1) is 16.0 Å². The second-order valence-electron chi connectivity index (χ2n) is 3.01. The monoisotopic (exact) mass is 223 g/mol. The number of nitro groups is 1. The molecule has 0 saturated heterocycles. The van der Waals surface area contributed by atoms with Gasteiger partial charge < -0.3 is 10.1 Å². The summed E-state index contributed by atoms with van der Waals surface area (Å²) >= 11 is 0. The smallest absolute Gasteiger partial charge is 0.420 e. The Kier molecular flexibility index (Phi) is 1.97. The third-order valence-electron chi connectivity index (χ3n) is 2.07. The van der Waals surface area contributed by atoms with Gasteiger partial charge in [-0.15, -0.1) is 0 Å². The first kappa shape index (κ1) is 9.90. The number of H-pyrrole nitrogens is 1. The van der Waals surface area contributed by atoms with Crippen molar-refractivity contribution in [2.24, 2.45) is 0 Å². The van der Waals surface area contributed by atoms with Crippen LogP contribution in [0.25, 0.3) is 11.0 Å². The number of nitrogens with one attached hydrogen (secondary N) is 1. The highest BCUT2D eigenvalue weighted by Gasteiger charge is 2.15. The second-order valence-corrected chi connectivity index (χ2v) is 3.01. The zero-order valence-corrected chi connectivity index (χ0v) is 7.71. The predicted molar refractivity (Wildman–Crippen MR) is 52.6 cm³/mol. The van der Waals surface area contributed by atoms with Crippen LogP contribution in [0.2, 0.25) is 0 Å². The van der Waals surface area contributed by atoms with Gasteiger partial charge in [-0.1, -0.05) is 0 Å². The number of carbonyl (C=O) groups is 1. The standard InChI is InChI=1S/C8H5N3O5/c12-7-9-5-2-1-4(11(15)16)3-6(5)10(7)8(13)14/h1-3H,(H,9,12)(H,13,14). The molecular weight excluding hydrogens is 218 g/mol. The van der Waals surface area contributed by atoms with Gasteiger partial charge in [0.25, 0.3) is 5.69 Å². The molecule has 0 aliphatic carbocycles. The van der Waals surface area contributed by atoms with Gasteiger partial charge in [-0.25, -0.2) is 9.59 Å². The summed E-state index contributed by atoms with van der Waals surface area (Å²) in [5, 5.41) is 19.2. The number of nitrogens with zero attached hydrogens (tertiary/aromatic N) is 2. The van der Waals surface area contributed by atoms with Crippen LogP contribution in [0.3, 0.4) is 0 Å². The number of rotatable bonds is 1. The lowest BCUT2D eigenvalue weighted by Gasteiger charge is -1.95. The summed E-state index contributed by atoms with van der Waals surface area (Å²) in [6.07, 6.45) is -1.49. The minimum Gasteiger partial charge on any atom is -0.464 e. The van der Waals surface area contributed by atoms with Crippen molar-refractivity contribution in [3.63, 3.8) is 0 Å². The van der Waals surface area contributed by atoms with Gasteiger partial charge in [0.2, 0.25) is 0 Å². The molecule has 8 heteroatoms. The highest BCUT2D eigenvalue weighted by Crippen LogP contribution is 2.18. The average Bonchev–Trinajstić information content (AvgIpc) is 2.51. The summed E-state index contributed by atoms with van der Waals surface area (Å²) in [6.45, 7) is 0. The Bertz CT molecular complexity index is 653. The van der Waals surface area contributed by atoms with Crippen LogP contribution in [0, 0.1) is 10.1 Å². The van der Waals surface area contributed by atoms with E-state index in [0.29, 0.717) is 4.57 Å². The van der Waals surface area contributed by atoms with Crippen LogP contribution in [0.15, 0.2) is 23.0 Å². The second kappa shape index (κ2) is 3.19. The van der Waals surface area contributed by atoms with Crippen LogP contribution in [0.5, 0.6) is 0 Å². The van der Waals surface area contributed by atoms with Crippen LogP contribution >= 0.6 is 0 Å². The molecule has 1 aromatic carbocycles. The van der Waals surface area contributed by atoms with Gasteiger partial charge >= 0.3 is 11.8 Å². The third kappa shape index (κ3) is 1.32. The summed E-state index contributed by atoms with van der Waals surface area (Å²) in [4.78, 5) is 34.1. The normalized spacial score (nSPS) is 10.5. The van der Waals surface area contributed by atoms with E-state index in [1.165, 1.54) is 12.1 Å². The molecule has 0 spiro atoms. The molecule has 16 heavy (non-hydrogen) atoms. The van der Waals surface area contributed by atoms with E-state index in [0.717, 1.165) is 6.07 Å². The Balaban J connectivity index is 2.85. The van der Waals surface area contributed by atoms with Gasteiger partial charge in [0.1, 0.15) is 0 Å². The molecule has 2 aromatic rings. The molecule has 0 amide bonds. The molecule has 0 aliphatic rings. The van der Waals surface area contributed by atoms with Gasteiger partial charge in [-0.3, -0.25) is 10.1 Å². The van der Waals surface area contributed by atoms with Gasteiger partial charge in [-0.2, -0.15) is 4.57 Å². The molecule has 2 rings (SSSR count). The number of non-ortho nitro benzene ring substituents is 1. The molecule has 82 valence electrons. The zero-order valence-electron chi connectivity index (χ0n) is 7.71. The highest BCUT2D eigenvalue weighted by atomic mass is 16.6. The van der Waals surface area contributed by atoms with Crippen LogP contribution in [0.1, 0.15) is 0 Å². The first-order valence-corrected chi connectivity index (χ1v) is 4.13. The van der Waals surface area contributed by atoms with Crippen LogP contribution in [-0.4, -0.2) is 25.7 Å². The van der Waals surface area contributed by atoms with E-state index in [1.807, 2.05) is 0 Å². The van der Waals surface area contributed by atoms with Crippen molar-refractivity contribution in [2.75, 3.05) is 0 Å². The first-order valence-electron chi connectivity index (χ1n) is 4.13. The fourth-order valence-electron chi connectivity index (χ4n) is 1.39. The van der Waals surface area contributed by atoms with E-state index < -0.39 is 16.7 Å². The minimum absolute atomic E-state index is 0.0355. The zero-order chi connectivity index (χ0) is 11.9. The first-order chi connectivity index (χ1) is 7.50. The lowest BCUT2D eigenvalue weighted by molar-refractivity contribution is -0.384. The highest BCUT2D eigenvalue weighted by molar-refractivity contribution is 5.86. The lowest BCUT2D eigenvalue weighted by Crippen LogP contribution is -2.22. The molecule has 0 aliphatic heterocycles. The molecule has 8 nitrogen and oxygen atoms in total. The minimum atomic E-state index is -1.49. The Labute approximate surface area is 86.9 Å². The third-order valence-corrected chi connectivity index (χ3v) is 2.07. The van der Waals surface area contributed by atoms with Crippen molar-refractivity contribution < 1.29 is 14.8 Å². The van der Waals surface area contributed by atoms with Crippen LogP contribution in [0.4, 0.5) is 10.5 Å². The molecule has 0 unspecified atom stereocenters. The maximum atomic E-state index is 11.2. The number of nitro benzene ring substituents is 1. The van der Waals surface area contributed by atoms with Crippen molar-refractivity contribution in [3.05, 3.63) is 38.8 Å². The maximum Gasteiger partial charge on any atom is 0.420 e. The van der Waals surface area contributed by atoms with E-state index in [9.17, 15) is 19.7 Å². The summed E-state index contributed by atoms with van der Waals surface area (Å²) in [5.74, 6) is 0. The molecule has 0 fully saturated rings. The molecule has 0 radical (unpaired) electrons. The Hall–Kier alpha value is -2.64. The number of hydrogen-bond acceptors (Lipinski definition) is 4. The van der Waals surface area contributed by atoms with Crippen molar-refractivity contribution >= 4 is 22.8 Å². The Morgan fingerprint density at radius 2 is 2.19 bits per heavy atom. The SMILES string of the molecule is O=C(O)n1c(=O)[nH]c2ccc([N+](=O)[O-])cc21. The number of fused-ring (bicyclic) bond motifs is 1. The fraction of sp³-hybridized carbons (Fsp3) is 0. The summed E-state index contributed by atoms with van der Waals surface area (Å²) in [6, 6.07) is 3.50. The molecule has 0 atom stereocenters. The van der Waals surface area contributed by atoms with Crippen molar-refractivity contribution in [1.29, 1.82) is 0 Å². The number of benzene rings is 1. The van der Waals surface area contributed by atoms with Crippen molar-refractivity contribution in [1.82, 2.24) is 9.55 Å². The van der Waals surface area contributed by atoms with Gasteiger partial charge in [-0.05, 0) is 6.07 Å². The molecule has 1 aromatic heterocycles. The summed E-state index contributed by atoms with van der Waals surface area (Å²) in [5.41, 5.74) is -0.922. The molecule has 1 heterocycles. The molecule has 0 saturated carbocycles. The van der Waals surface area contributed by atoms with E-state index in [2.05, 4.69) is 4.98 Å². The van der Waals surface area contributed by atoms with Crippen molar-refractivity contribution in [3.8, 4) is 0 Å². The van der Waals surface area contributed by atoms with Gasteiger partial charge in [0.15, 0.2) is 0 Å². The van der Waals surface area contributed by atoms with Gasteiger partial charge in [0, 0.05) is 12.1 Å². The fourth-order valence-corrected chi connectivity index (χ4v) is 1.39. The van der Waals surface area contributed by atoms with E-state index in [4.69, 9.17) is 5.11 Å². The van der Waals surface area contributed by atoms with E-state index in [-0.39, 0.29) is 16.7 Å². The number of aromatic amines is 1. The number of carboxylic acid groups (broad SMARTS) is 1. The molecular formula is C8H5N3O5. The number of imidazole rings is 1. The van der Waals surface area contributed by atoms with Crippen LogP contribution in [-0.2, 0) is 0 Å². The molecule has 0 bridgehead atoms. The topological polar surface area (TPSA) is 118 Å². The maximum absolute atomic E-state index is 11.2. The lowest BCUT2D eigenvalue weighted by atomic mass is 10.3.